The second-order valence-corrected chi connectivity index (χ2v) is 5.27. The van der Waals surface area contributed by atoms with Gasteiger partial charge in [-0.2, -0.15) is 0 Å². The molecule has 1 aliphatic heterocycles. The van der Waals surface area contributed by atoms with Gasteiger partial charge in [-0.25, -0.2) is 0 Å². The zero-order valence-corrected chi connectivity index (χ0v) is 12.9. The number of imide groups is 1. The summed E-state index contributed by atoms with van der Waals surface area (Å²) in [6.07, 6.45) is 0.257. The largest absolute Gasteiger partial charge is 0.372 e. The van der Waals surface area contributed by atoms with Crippen LogP contribution >= 0.6 is 0 Å². The zero-order valence-electron chi connectivity index (χ0n) is 12.9. The molecule has 1 atom stereocenters. The lowest BCUT2D eigenvalue weighted by Crippen LogP contribution is -2.36. The Hall–Kier alpha value is -1.88. The number of benzene rings is 1. The minimum Gasteiger partial charge on any atom is -0.372 e. The molecule has 0 spiro atoms. The maximum atomic E-state index is 11.8. The molecule has 2 amide bonds. The number of anilines is 1. The van der Waals surface area contributed by atoms with Crippen LogP contribution in [-0.2, 0) is 16.1 Å². The molecule has 1 unspecified atom stereocenters. The summed E-state index contributed by atoms with van der Waals surface area (Å²) in [4.78, 5) is 26.7. The summed E-state index contributed by atoms with van der Waals surface area (Å²) in [5.41, 5.74) is 2.32. The Morgan fingerprint density at radius 1 is 1.19 bits per heavy atom. The molecule has 1 aromatic rings. The molecule has 0 saturated carbocycles. The lowest BCUT2D eigenvalue weighted by Gasteiger charge is -2.21. The van der Waals surface area contributed by atoms with E-state index in [9.17, 15) is 9.59 Å². The normalized spacial score (nSPS) is 18.4. The third-order valence-electron chi connectivity index (χ3n) is 4.00. The minimum absolute atomic E-state index is 0.116. The van der Waals surface area contributed by atoms with Gasteiger partial charge < -0.3 is 10.2 Å². The molecule has 1 fully saturated rings. The lowest BCUT2D eigenvalue weighted by molar-refractivity contribution is -0.137. The number of hydrogen-bond acceptors (Lipinski definition) is 4. The van der Waals surface area contributed by atoms with Crippen LogP contribution in [0.15, 0.2) is 24.3 Å². The molecule has 1 saturated heterocycles. The van der Waals surface area contributed by atoms with E-state index in [1.807, 2.05) is 0 Å². The van der Waals surface area contributed by atoms with E-state index in [1.54, 1.807) is 0 Å². The van der Waals surface area contributed by atoms with Crippen molar-refractivity contribution in [2.75, 3.05) is 25.0 Å². The number of likely N-dealkylation sites (tertiary alicyclic amines) is 1. The van der Waals surface area contributed by atoms with Crippen LogP contribution in [0.25, 0.3) is 0 Å². The summed E-state index contributed by atoms with van der Waals surface area (Å²) >= 11 is 0. The second-order valence-electron chi connectivity index (χ2n) is 5.27. The summed E-state index contributed by atoms with van der Waals surface area (Å²) in [5, 5.41) is 3.16. The van der Waals surface area contributed by atoms with E-state index in [2.05, 4.69) is 48.3 Å². The van der Waals surface area contributed by atoms with Gasteiger partial charge >= 0.3 is 0 Å². The highest BCUT2D eigenvalue weighted by Gasteiger charge is 2.35. The van der Waals surface area contributed by atoms with Crippen molar-refractivity contribution in [1.82, 2.24) is 10.2 Å². The SMILES string of the molecule is CCN(CC)c1ccc(CNC2CC(=O)N(C)C2=O)cc1. The number of rotatable bonds is 6. The topological polar surface area (TPSA) is 52.7 Å². The predicted molar refractivity (Wildman–Crippen MR) is 83.0 cm³/mol. The van der Waals surface area contributed by atoms with Crippen molar-refractivity contribution >= 4 is 17.5 Å². The Bertz CT molecular complexity index is 509. The molecular formula is C16H23N3O2. The van der Waals surface area contributed by atoms with Gasteiger partial charge in [-0.3, -0.25) is 14.5 Å². The maximum absolute atomic E-state index is 11.8. The van der Waals surface area contributed by atoms with Crippen LogP contribution in [0.3, 0.4) is 0 Å². The summed E-state index contributed by atoms with van der Waals surface area (Å²) in [6, 6.07) is 7.93. The molecule has 114 valence electrons. The third-order valence-corrected chi connectivity index (χ3v) is 4.00. The van der Waals surface area contributed by atoms with Gasteiger partial charge in [0.05, 0.1) is 12.5 Å². The van der Waals surface area contributed by atoms with Crippen molar-refractivity contribution in [3.63, 3.8) is 0 Å². The van der Waals surface area contributed by atoms with Crippen LogP contribution < -0.4 is 10.2 Å². The third kappa shape index (κ3) is 3.42. The summed E-state index contributed by atoms with van der Waals surface area (Å²) in [5.74, 6) is -0.255. The Morgan fingerprint density at radius 2 is 1.81 bits per heavy atom. The predicted octanol–water partition coefficient (Wildman–Crippen LogP) is 1.38. The molecule has 1 aliphatic rings. The monoisotopic (exact) mass is 289 g/mol. The molecule has 0 radical (unpaired) electrons. The lowest BCUT2D eigenvalue weighted by atomic mass is 10.1. The summed E-state index contributed by atoms with van der Waals surface area (Å²) < 4.78 is 0. The van der Waals surface area contributed by atoms with Crippen LogP contribution in [0.5, 0.6) is 0 Å². The number of nitrogens with one attached hydrogen (secondary N) is 1. The Labute approximate surface area is 125 Å². The molecule has 0 aliphatic carbocycles. The van der Waals surface area contributed by atoms with Crippen molar-refractivity contribution in [1.29, 1.82) is 0 Å². The fraction of sp³-hybridized carbons (Fsp3) is 0.500. The first kappa shape index (κ1) is 15.5. The van der Waals surface area contributed by atoms with Crippen LogP contribution in [0.4, 0.5) is 5.69 Å². The van der Waals surface area contributed by atoms with Gasteiger partial charge in [0.2, 0.25) is 11.8 Å². The van der Waals surface area contributed by atoms with E-state index in [0.29, 0.717) is 6.54 Å². The molecule has 5 heteroatoms. The van der Waals surface area contributed by atoms with E-state index >= 15 is 0 Å². The van der Waals surface area contributed by atoms with Gasteiger partial charge in [0.25, 0.3) is 0 Å². The first-order valence-electron chi connectivity index (χ1n) is 7.44. The molecule has 1 N–H and O–H groups in total. The molecule has 0 bridgehead atoms. The molecular weight excluding hydrogens is 266 g/mol. The van der Waals surface area contributed by atoms with E-state index in [0.717, 1.165) is 18.7 Å². The fourth-order valence-electron chi connectivity index (χ4n) is 2.57. The average molecular weight is 289 g/mol. The Kier molecular flexibility index (Phi) is 4.96. The van der Waals surface area contributed by atoms with Crippen molar-refractivity contribution < 1.29 is 9.59 Å². The van der Waals surface area contributed by atoms with E-state index < -0.39 is 0 Å². The van der Waals surface area contributed by atoms with Crippen molar-refractivity contribution in [3.8, 4) is 0 Å². The standard InChI is InChI=1S/C16H23N3O2/c1-4-19(5-2)13-8-6-12(7-9-13)11-17-14-10-15(20)18(3)16(14)21/h6-9,14,17H,4-5,10-11H2,1-3H3. The molecule has 21 heavy (non-hydrogen) atoms. The number of carbonyl (C=O) groups is 2. The van der Waals surface area contributed by atoms with Gasteiger partial charge in [-0.15, -0.1) is 0 Å². The number of hydrogen-bond donors (Lipinski definition) is 1. The average Bonchev–Trinajstić information content (AvgIpc) is 2.75. The minimum atomic E-state index is -0.384. The van der Waals surface area contributed by atoms with Crippen LogP contribution in [0.2, 0.25) is 0 Å². The van der Waals surface area contributed by atoms with Crippen LogP contribution in [-0.4, -0.2) is 42.9 Å². The molecule has 2 rings (SSSR count). The zero-order chi connectivity index (χ0) is 15.4. The van der Waals surface area contributed by atoms with Crippen molar-refractivity contribution in [3.05, 3.63) is 29.8 Å². The molecule has 0 aromatic heterocycles. The molecule has 5 nitrogen and oxygen atoms in total. The highest BCUT2D eigenvalue weighted by molar-refractivity contribution is 6.05. The number of likely N-dealkylation sites (N-methyl/N-ethyl adjacent to an activating group) is 1. The van der Waals surface area contributed by atoms with Gasteiger partial charge in [0.1, 0.15) is 0 Å². The van der Waals surface area contributed by atoms with Crippen molar-refractivity contribution in [2.24, 2.45) is 0 Å². The number of carbonyl (C=O) groups excluding carboxylic acids is 2. The maximum Gasteiger partial charge on any atom is 0.246 e. The van der Waals surface area contributed by atoms with E-state index in [1.165, 1.54) is 17.6 Å². The fourth-order valence-corrected chi connectivity index (χ4v) is 2.57. The number of amides is 2. The van der Waals surface area contributed by atoms with Crippen LogP contribution in [0, 0.1) is 0 Å². The van der Waals surface area contributed by atoms with Crippen LogP contribution in [0.1, 0.15) is 25.8 Å². The molecule has 1 heterocycles. The summed E-state index contributed by atoms with van der Waals surface area (Å²) in [6.45, 7) is 6.84. The van der Waals surface area contributed by atoms with Crippen molar-refractivity contribution in [2.45, 2.75) is 32.9 Å². The first-order valence-corrected chi connectivity index (χ1v) is 7.44. The highest BCUT2D eigenvalue weighted by Crippen LogP contribution is 2.16. The highest BCUT2D eigenvalue weighted by atomic mass is 16.2. The van der Waals surface area contributed by atoms with E-state index in [4.69, 9.17) is 0 Å². The summed E-state index contributed by atoms with van der Waals surface area (Å²) in [7, 11) is 1.53. The quantitative estimate of drug-likeness (QED) is 0.804. The molecule has 1 aromatic carbocycles. The van der Waals surface area contributed by atoms with Gasteiger partial charge in [0.15, 0.2) is 0 Å². The smallest absolute Gasteiger partial charge is 0.246 e. The van der Waals surface area contributed by atoms with Gasteiger partial charge in [0, 0.05) is 32.4 Å². The Balaban J connectivity index is 1.92. The first-order chi connectivity index (χ1) is 10.1. The second kappa shape index (κ2) is 6.72. The van der Waals surface area contributed by atoms with E-state index in [-0.39, 0.29) is 24.3 Å². The van der Waals surface area contributed by atoms with Gasteiger partial charge in [-0.05, 0) is 31.5 Å². The Morgan fingerprint density at radius 3 is 2.29 bits per heavy atom. The van der Waals surface area contributed by atoms with Gasteiger partial charge in [-0.1, -0.05) is 12.1 Å². The number of nitrogens with zero attached hydrogens (tertiary/aromatic N) is 2.